The van der Waals surface area contributed by atoms with E-state index in [1.807, 2.05) is 6.07 Å². The summed E-state index contributed by atoms with van der Waals surface area (Å²) in [6, 6.07) is 16.9. The summed E-state index contributed by atoms with van der Waals surface area (Å²) in [5.41, 5.74) is 5.76. The Kier molecular flexibility index (Phi) is 3.08. The molecule has 2 aromatic carbocycles. The Balaban J connectivity index is 2.16. The average molecular weight is 251 g/mol. The number of benzene rings is 2. The summed E-state index contributed by atoms with van der Waals surface area (Å²) >= 11 is 0. The smallest absolute Gasteiger partial charge is 0.0873 e. The first kappa shape index (κ1) is 12.0. The van der Waals surface area contributed by atoms with Crippen molar-refractivity contribution in [2.24, 2.45) is 5.16 Å². The van der Waals surface area contributed by atoms with Crippen LogP contribution in [0.4, 0.5) is 0 Å². The van der Waals surface area contributed by atoms with Crippen molar-refractivity contribution in [3.05, 3.63) is 70.8 Å². The van der Waals surface area contributed by atoms with E-state index in [0.29, 0.717) is 5.92 Å². The van der Waals surface area contributed by atoms with E-state index < -0.39 is 0 Å². The predicted molar refractivity (Wildman–Crippen MR) is 77.0 cm³/mol. The Hall–Kier alpha value is -2.09. The van der Waals surface area contributed by atoms with Crippen LogP contribution in [-0.2, 0) is 0 Å². The molecule has 0 spiro atoms. The Morgan fingerprint density at radius 1 is 1.05 bits per heavy atom. The van der Waals surface area contributed by atoms with E-state index in [1.165, 1.54) is 16.7 Å². The fourth-order valence-corrected chi connectivity index (χ4v) is 3.07. The molecule has 0 fully saturated rings. The predicted octanol–water partition coefficient (Wildman–Crippen LogP) is 4.10. The van der Waals surface area contributed by atoms with Gasteiger partial charge in [-0.25, -0.2) is 0 Å². The van der Waals surface area contributed by atoms with Gasteiger partial charge in [0.05, 0.1) is 5.71 Å². The van der Waals surface area contributed by atoms with Crippen LogP contribution < -0.4 is 0 Å². The van der Waals surface area contributed by atoms with E-state index in [4.69, 9.17) is 0 Å². The lowest BCUT2D eigenvalue weighted by Crippen LogP contribution is -2.18. The molecule has 1 aliphatic carbocycles. The topological polar surface area (TPSA) is 32.6 Å². The molecule has 96 valence electrons. The van der Waals surface area contributed by atoms with Crippen LogP contribution in [0.25, 0.3) is 0 Å². The summed E-state index contributed by atoms with van der Waals surface area (Å²) in [7, 11) is 0. The van der Waals surface area contributed by atoms with Crippen molar-refractivity contribution >= 4 is 5.71 Å². The van der Waals surface area contributed by atoms with Gasteiger partial charge in [-0.3, -0.25) is 0 Å². The number of nitrogens with zero attached hydrogens (tertiary/aromatic N) is 1. The fourth-order valence-electron chi connectivity index (χ4n) is 3.07. The number of rotatable bonds is 1. The molecule has 0 aliphatic heterocycles. The van der Waals surface area contributed by atoms with Crippen LogP contribution in [0, 0.1) is 6.92 Å². The van der Waals surface area contributed by atoms with Gasteiger partial charge in [0.15, 0.2) is 0 Å². The second-order valence-electron chi connectivity index (χ2n) is 5.09. The molecular weight excluding hydrogens is 234 g/mol. The van der Waals surface area contributed by atoms with Gasteiger partial charge in [-0.2, -0.15) is 0 Å². The highest BCUT2D eigenvalue weighted by Crippen LogP contribution is 2.37. The molecule has 2 aromatic rings. The maximum Gasteiger partial charge on any atom is 0.0873 e. The molecule has 0 bridgehead atoms. The maximum atomic E-state index is 9.21. The van der Waals surface area contributed by atoms with Crippen LogP contribution >= 0.6 is 0 Å². The molecule has 1 aliphatic rings. The van der Waals surface area contributed by atoms with Gasteiger partial charge in [0.25, 0.3) is 0 Å². The van der Waals surface area contributed by atoms with Crippen molar-refractivity contribution in [3.63, 3.8) is 0 Å². The Labute approximate surface area is 113 Å². The third kappa shape index (κ3) is 2.03. The number of hydrogen-bond acceptors (Lipinski definition) is 2. The van der Waals surface area contributed by atoms with Crippen LogP contribution in [0.15, 0.2) is 53.7 Å². The number of oxime groups is 1. The Morgan fingerprint density at radius 2 is 1.84 bits per heavy atom. The lowest BCUT2D eigenvalue weighted by atomic mass is 9.76. The number of aryl methyl sites for hydroxylation is 1. The lowest BCUT2D eigenvalue weighted by molar-refractivity contribution is 0.317. The van der Waals surface area contributed by atoms with E-state index in [1.54, 1.807) is 0 Å². The second-order valence-corrected chi connectivity index (χ2v) is 5.09. The minimum absolute atomic E-state index is 0.404. The Morgan fingerprint density at radius 3 is 2.58 bits per heavy atom. The van der Waals surface area contributed by atoms with Crippen molar-refractivity contribution in [1.82, 2.24) is 0 Å². The molecule has 0 saturated heterocycles. The fraction of sp³-hybridized carbons (Fsp3) is 0.235. The molecule has 0 heterocycles. The summed E-state index contributed by atoms with van der Waals surface area (Å²) in [4.78, 5) is 0. The molecule has 2 nitrogen and oxygen atoms in total. The highest BCUT2D eigenvalue weighted by molar-refractivity contribution is 6.04. The molecule has 0 saturated carbocycles. The third-order valence-corrected chi connectivity index (χ3v) is 3.96. The first-order chi connectivity index (χ1) is 9.31. The van der Waals surface area contributed by atoms with Crippen molar-refractivity contribution in [1.29, 1.82) is 0 Å². The van der Waals surface area contributed by atoms with Crippen molar-refractivity contribution in [3.8, 4) is 0 Å². The zero-order valence-electron chi connectivity index (χ0n) is 11.0. The van der Waals surface area contributed by atoms with Gasteiger partial charge < -0.3 is 5.21 Å². The van der Waals surface area contributed by atoms with E-state index in [9.17, 15) is 5.21 Å². The molecule has 0 aromatic heterocycles. The minimum Gasteiger partial charge on any atom is -0.411 e. The number of fused-ring (bicyclic) bond motifs is 1. The van der Waals surface area contributed by atoms with E-state index in [-0.39, 0.29) is 0 Å². The second kappa shape index (κ2) is 4.88. The van der Waals surface area contributed by atoms with Crippen LogP contribution in [-0.4, -0.2) is 10.9 Å². The summed E-state index contributed by atoms with van der Waals surface area (Å²) in [6.45, 7) is 2.08. The summed E-state index contributed by atoms with van der Waals surface area (Å²) < 4.78 is 0. The van der Waals surface area contributed by atoms with Gasteiger partial charge in [-0.15, -0.1) is 0 Å². The molecule has 1 N–H and O–H groups in total. The SMILES string of the molecule is Cc1cccc2c1/C(=N\O)CC[C@@H]2c1ccccc1. The molecule has 0 amide bonds. The monoisotopic (exact) mass is 251 g/mol. The van der Waals surface area contributed by atoms with Crippen LogP contribution in [0.3, 0.4) is 0 Å². The first-order valence-electron chi connectivity index (χ1n) is 6.67. The normalized spacial score (nSPS) is 20.3. The van der Waals surface area contributed by atoms with Gasteiger partial charge in [0.2, 0.25) is 0 Å². The van der Waals surface area contributed by atoms with E-state index in [0.717, 1.165) is 24.1 Å². The van der Waals surface area contributed by atoms with Gasteiger partial charge in [0.1, 0.15) is 0 Å². The molecule has 0 unspecified atom stereocenters. The summed E-state index contributed by atoms with van der Waals surface area (Å²) in [5.74, 6) is 0.404. The van der Waals surface area contributed by atoms with E-state index in [2.05, 4.69) is 54.5 Å². The first-order valence-corrected chi connectivity index (χ1v) is 6.67. The van der Waals surface area contributed by atoms with E-state index >= 15 is 0 Å². The molecule has 3 rings (SSSR count). The quantitative estimate of drug-likeness (QED) is 0.600. The van der Waals surface area contributed by atoms with Crippen LogP contribution in [0.5, 0.6) is 0 Å². The van der Waals surface area contributed by atoms with Crippen molar-refractivity contribution in [2.45, 2.75) is 25.7 Å². The van der Waals surface area contributed by atoms with Gasteiger partial charge in [0, 0.05) is 11.5 Å². The molecule has 0 radical (unpaired) electrons. The number of hydrogen-bond donors (Lipinski definition) is 1. The van der Waals surface area contributed by atoms with Crippen molar-refractivity contribution < 1.29 is 5.21 Å². The zero-order valence-corrected chi connectivity index (χ0v) is 11.0. The van der Waals surface area contributed by atoms with Gasteiger partial charge >= 0.3 is 0 Å². The van der Waals surface area contributed by atoms with Gasteiger partial charge in [-0.05, 0) is 36.5 Å². The molecule has 19 heavy (non-hydrogen) atoms. The third-order valence-electron chi connectivity index (χ3n) is 3.96. The lowest BCUT2D eigenvalue weighted by Gasteiger charge is -2.27. The zero-order chi connectivity index (χ0) is 13.2. The largest absolute Gasteiger partial charge is 0.411 e. The highest BCUT2D eigenvalue weighted by Gasteiger charge is 2.26. The van der Waals surface area contributed by atoms with Gasteiger partial charge in [-0.1, -0.05) is 53.7 Å². The molecule has 2 heteroatoms. The van der Waals surface area contributed by atoms with Crippen LogP contribution in [0.2, 0.25) is 0 Å². The highest BCUT2D eigenvalue weighted by atomic mass is 16.4. The Bertz CT molecular complexity index is 616. The summed E-state index contributed by atoms with van der Waals surface area (Å²) in [6.07, 6.45) is 1.83. The van der Waals surface area contributed by atoms with Crippen molar-refractivity contribution in [2.75, 3.05) is 0 Å². The average Bonchev–Trinajstić information content (AvgIpc) is 2.47. The maximum absolute atomic E-state index is 9.21. The summed E-state index contributed by atoms with van der Waals surface area (Å²) in [5, 5.41) is 12.7. The minimum atomic E-state index is 0.404. The van der Waals surface area contributed by atoms with Crippen LogP contribution in [0.1, 0.15) is 41.0 Å². The molecule has 1 atom stereocenters. The molecular formula is C17H17NO. The standard InChI is InChI=1S/C17H17NO/c1-12-6-5-9-15-14(13-7-3-2-4-8-13)10-11-16(18-19)17(12)15/h2-9,14,19H,10-11H2,1H3/b18-16-/t14-/m1/s1.